The number of alkyl halides is 2. The number of urea groups is 1. The molecule has 0 bridgehead atoms. The molecule has 0 aromatic carbocycles. The minimum atomic E-state index is -2.66. The lowest BCUT2D eigenvalue weighted by Crippen LogP contribution is -2.61. The molecule has 1 heterocycles. The van der Waals surface area contributed by atoms with E-state index in [1.165, 1.54) is 4.90 Å². The molecule has 1 aliphatic carbocycles. The van der Waals surface area contributed by atoms with Gasteiger partial charge in [0.1, 0.15) is 0 Å². The lowest BCUT2D eigenvalue weighted by Gasteiger charge is -2.39. The lowest BCUT2D eigenvalue weighted by atomic mass is 10.1. The summed E-state index contributed by atoms with van der Waals surface area (Å²) in [6.07, 6.45) is 4.22. The molecule has 80 valence electrons. The van der Waals surface area contributed by atoms with Crippen LogP contribution < -0.4 is 5.32 Å². The van der Waals surface area contributed by atoms with E-state index >= 15 is 0 Å². The van der Waals surface area contributed by atoms with Crippen molar-refractivity contribution >= 4 is 6.03 Å². The number of rotatable bonds is 1. The highest BCUT2D eigenvalue weighted by Gasteiger charge is 2.46. The zero-order valence-electron chi connectivity index (χ0n) is 7.93. The average molecular weight is 204 g/mol. The molecule has 0 unspecified atom stereocenters. The van der Waals surface area contributed by atoms with E-state index in [9.17, 15) is 13.6 Å². The smallest absolute Gasteiger partial charge is 0.318 e. The molecule has 0 aromatic rings. The molecule has 1 aliphatic heterocycles. The summed E-state index contributed by atoms with van der Waals surface area (Å²) in [4.78, 5) is 12.5. The fraction of sp³-hybridized carbons (Fsp3) is 0.889. The van der Waals surface area contributed by atoms with Crippen LogP contribution in [0.25, 0.3) is 0 Å². The molecule has 14 heavy (non-hydrogen) atoms. The second-order valence-electron chi connectivity index (χ2n) is 4.14. The van der Waals surface area contributed by atoms with Gasteiger partial charge < -0.3 is 10.2 Å². The van der Waals surface area contributed by atoms with E-state index in [-0.39, 0.29) is 12.1 Å². The fourth-order valence-electron chi connectivity index (χ4n) is 1.99. The number of likely N-dealkylation sites (tertiary alicyclic amines) is 1. The standard InChI is InChI=1S/C9H14F2N2O/c10-9(11)5-13(6-9)8(14)12-7-3-1-2-4-7/h7H,1-6H2,(H,12,14). The molecule has 1 saturated heterocycles. The van der Waals surface area contributed by atoms with Gasteiger partial charge >= 0.3 is 6.03 Å². The quantitative estimate of drug-likeness (QED) is 0.691. The molecular weight excluding hydrogens is 190 g/mol. The van der Waals surface area contributed by atoms with E-state index in [1.807, 2.05) is 0 Å². The molecule has 3 nitrogen and oxygen atoms in total. The summed E-state index contributed by atoms with van der Waals surface area (Å²) in [5.41, 5.74) is 0. The number of carbonyl (C=O) groups excluding carboxylic acids is 1. The van der Waals surface area contributed by atoms with Gasteiger partial charge in [0.15, 0.2) is 0 Å². The number of carbonyl (C=O) groups is 1. The van der Waals surface area contributed by atoms with Gasteiger partial charge in [0.2, 0.25) is 0 Å². The molecule has 1 N–H and O–H groups in total. The first kappa shape index (κ1) is 9.68. The van der Waals surface area contributed by atoms with Gasteiger partial charge in [-0.2, -0.15) is 0 Å². The Balaban J connectivity index is 1.74. The van der Waals surface area contributed by atoms with Crippen LogP contribution in [0, 0.1) is 0 Å². The summed E-state index contributed by atoms with van der Waals surface area (Å²) in [6.45, 7) is -0.850. The topological polar surface area (TPSA) is 32.3 Å². The number of hydrogen-bond acceptors (Lipinski definition) is 1. The summed E-state index contributed by atoms with van der Waals surface area (Å²) in [5, 5.41) is 2.77. The lowest BCUT2D eigenvalue weighted by molar-refractivity contribution is -0.110. The van der Waals surface area contributed by atoms with E-state index < -0.39 is 19.0 Å². The highest BCUT2D eigenvalue weighted by molar-refractivity contribution is 5.75. The number of amides is 2. The van der Waals surface area contributed by atoms with Crippen molar-refractivity contribution < 1.29 is 13.6 Å². The Kier molecular flexibility index (Phi) is 2.33. The molecule has 2 rings (SSSR count). The Morgan fingerprint density at radius 1 is 1.29 bits per heavy atom. The SMILES string of the molecule is O=C(NC1CCCC1)N1CC(F)(F)C1. The molecule has 2 fully saturated rings. The summed E-state index contributed by atoms with van der Waals surface area (Å²) >= 11 is 0. The normalized spacial score (nSPS) is 26.0. The molecule has 2 amide bonds. The number of hydrogen-bond donors (Lipinski definition) is 1. The predicted octanol–water partition coefficient (Wildman–Crippen LogP) is 1.59. The van der Waals surface area contributed by atoms with Gasteiger partial charge in [-0.1, -0.05) is 12.8 Å². The van der Waals surface area contributed by atoms with Crippen LogP contribution in [0.15, 0.2) is 0 Å². The van der Waals surface area contributed by atoms with Crippen molar-refractivity contribution in [2.75, 3.05) is 13.1 Å². The minimum absolute atomic E-state index is 0.205. The van der Waals surface area contributed by atoms with Crippen LogP contribution in [0.3, 0.4) is 0 Å². The van der Waals surface area contributed by atoms with Gasteiger partial charge in [-0.3, -0.25) is 0 Å². The number of nitrogens with zero attached hydrogens (tertiary/aromatic N) is 1. The third-order valence-corrected chi connectivity index (χ3v) is 2.81. The van der Waals surface area contributed by atoms with E-state index in [0.29, 0.717) is 0 Å². The van der Waals surface area contributed by atoms with E-state index in [1.54, 1.807) is 0 Å². The molecule has 0 radical (unpaired) electrons. The van der Waals surface area contributed by atoms with Crippen molar-refractivity contribution in [2.45, 2.75) is 37.6 Å². The van der Waals surface area contributed by atoms with Crippen molar-refractivity contribution in [1.82, 2.24) is 10.2 Å². The van der Waals surface area contributed by atoms with Gasteiger partial charge in [0.05, 0.1) is 13.1 Å². The van der Waals surface area contributed by atoms with Crippen molar-refractivity contribution in [1.29, 1.82) is 0 Å². The zero-order chi connectivity index (χ0) is 10.2. The van der Waals surface area contributed by atoms with Gasteiger partial charge in [-0.05, 0) is 12.8 Å². The van der Waals surface area contributed by atoms with Gasteiger partial charge in [-0.25, -0.2) is 13.6 Å². The summed E-state index contributed by atoms with van der Waals surface area (Å²) in [7, 11) is 0. The predicted molar refractivity (Wildman–Crippen MR) is 47.3 cm³/mol. The third kappa shape index (κ3) is 1.96. The zero-order valence-corrected chi connectivity index (χ0v) is 7.93. The van der Waals surface area contributed by atoms with Crippen LogP contribution in [0.1, 0.15) is 25.7 Å². The van der Waals surface area contributed by atoms with Crippen molar-refractivity contribution in [3.63, 3.8) is 0 Å². The Bertz CT molecular complexity index is 231. The highest BCUT2D eigenvalue weighted by atomic mass is 19.3. The molecule has 0 aromatic heterocycles. The monoisotopic (exact) mass is 204 g/mol. The van der Waals surface area contributed by atoms with Crippen LogP contribution in [0.4, 0.5) is 13.6 Å². The van der Waals surface area contributed by atoms with E-state index in [4.69, 9.17) is 0 Å². The van der Waals surface area contributed by atoms with E-state index in [2.05, 4.69) is 5.32 Å². The first-order chi connectivity index (χ1) is 6.57. The fourth-order valence-corrected chi connectivity index (χ4v) is 1.99. The molecule has 0 atom stereocenters. The van der Waals surface area contributed by atoms with Crippen LogP contribution >= 0.6 is 0 Å². The van der Waals surface area contributed by atoms with Crippen molar-refractivity contribution in [2.24, 2.45) is 0 Å². The summed E-state index contributed by atoms with van der Waals surface area (Å²) in [5.74, 6) is -2.66. The maximum absolute atomic E-state index is 12.4. The second-order valence-corrected chi connectivity index (χ2v) is 4.14. The number of halogens is 2. The first-order valence-electron chi connectivity index (χ1n) is 5.00. The average Bonchev–Trinajstić information content (AvgIpc) is 2.52. The molecule has 1 saturated carbocycles. The van der Waals surface area contributed by atoms with Crippen LogP contribution in [0.5, 0.6) is 0 Å². The summed E-state index contributed by atoms with van der Waals surface area (Å²) < 4.78 is 24.9. The Hall–Kier alpha value is -0.870. The largest absolute Gasteiger partial charge is 0.335 e. The maximum atomic E-state index is 12.4. The molecule has 5 heteroatoms. The summed E-state index contributed by atoms with van der Waals surface area (Å²) in [6, 6.07) is -0.125. The van der Waals surface area contributed by atoms with Crippen LogP contribution in [-0.2, 0) is 0 Å². The molecule has 2 aliphatic rings. The van der Waals surface area contributed by atoms with Gasteiger partial charge in [-0.15, -0.1) is 0 Å². The Morgan fingerprint density at radius 2 is 1.86 bits per heavy atom. The Morgan fingerprint density at radius 3 is 2.36 bits per heavy atom. The Labute approximate surface area is 81.4 Å². The molecular formula is C9H14F2N2O. The first-order valence-corrected chi connectivity index (χ1v) is 5.00. The van der Waals surface area contributed by atoms with Crippen LogP contribution in [-0.4, -0.2) is 36.0 Å². The number of nitrogens with one attached hydrogen (secondary N) is 1. The molecule has 0 spiro atoms. The van der Waals surface area contributed by atoms with Crippen molar-refractivity contribution in [3.05, 3.63) is 0 Å². The van der Waals surface area contributed by atoms with Crippen LogP contribution in [0.2, 0.25) is 0 Å². The third-order valence-electron chi connectivity index (χ3n) is 2.81. The van der Waals surface area contributed by atoms with Gasteiger partial charge in [0.25, 0.3) is 5.92 Å². The van der Waals surface area contributed by atoms with Gasteiger partial charge in [0, 0.05) is 6.04 Å². The van der Waals surface area contributed by atoms with E-state index in [0.717, 1.165) is 25.7 Å². The second kappa shape index (κ2) is 3.37. The van der Waals surface area contributed by atoms with Crippen molar-refractivity contribution in [3.8, 4) is 0 Å². The minimum Gasteiger partial charge on any atom is -0.335 e. The highest BCUT2D eigenvalue weighted by Crippen LogP contribution is 2.27. The maximum Gasteiger partial charge on any atom is 0.318 e.